The minimum Gasteiger partial charge on any atom is -0.305 e. The van der Waals surface area contributed by atoms with Crippen LogP contribution in [0.15, 0.2) is 11.6 Å². The second kappa shape index (κ2) is 2.39. The fourth-order valence-electron chi connectivity index (χ4n) is 1.73. The Labute approximate surface area is 63.5 Å². The van der Waals surface area contributed by atoms with Gasteiger partial charge in [0.15, 0.2) is 0 Å². The molecule has 1 heteroatoms. The minimum absolute atomic E-state index is 0.244. The van der Waals surface area contributed by atoms with Crippen molar-refractivity contribution in [3.63, 3.8) is 0 Å². The third-order valence-corrected chi connectivity index (χ3v) is 2.21. The fourth-order valence-corrected chi connectivity index (χ4v) is 1.73. The van der Waals surface area contributed by atoms with Gasteiger partial charge in [-0.2, -0.15) is 0 Å². The van der Waals surface area contributed by atoms with Crippen LogP contribution in [-0.2, 0) is 0 Å². The molecule has 1 rings (SSSR count). The summed E-state index contributed by atoms with van der Waals surface area (Å²) in [5.74, 6) is 0.685. The first-order valence-corrected chi connectivity index (χ1v) is 3.99. The van der Waals surface area contributed by atoms with Crippen molar-refractivity contribution in [3.05, 3.63) is 11.6 Å². The molecule has 0 amide bonds. The van der Waals surface area contributed by atoms with Gasteiger partial charge in [0.1, 0.15) is 0 Å². The van der Waals surface area contributed by atoms with Gasteiger partial charge < -0.3 is 5.32 Å². The highest BCUT2D eigenvalue weighted by atomic mass is 15.0. The van der Waals surface area contributed by atoms with Gasteiger partial charge in [-0.3, -0.25) is 0 Å². The van der Waals surface area contributed by atoms with Gasteiger partial charge in [0.25, 0.3) is 0 Å². The Kier molecular flexibility index (Phi) is 1.86. The summed E-state index contributed by atoms with van der Waals surface area (Å²) < 4.78 is 0. The van der Waals surface area contributed by atoms with Crippen molar-refractivity contribution in [2.45, 2.75) is 33.2 Å². The first kappa shape index (κ1) is 7.80. The summed E-state index contributed by atoms with van der Waals surface area (Å²) in [6.07, 6.45) is 2.31. The molecule has 1 heterocycles. The van der Waals surface area contributed by atoms with Crippen molar-refractivity contribution in [2.24, 2.45) is 5.92 Å². The van der Waals surface area contributed by atoms with E-state index in [1.165, 1.54) is 0 Å². The van der Waals surface area contributed by atoms with Crippen LogP contribution in [0.3, 0.4) is 0 Å². The van der Waals surface area contributed by atoms with Crippen LogP contribution in [-0.4, -0.2) is 12.1 Å². The molecule has 0 radical (unpaired) electrons. The summed E-state index contributed by atoms with van der Waals surface area (Å²) in [6, 6.07) is 0. The van der Waals surface area contributed by atoms with E-state index < -0.39 is 0 Å². The van der Waals surface area contributed by atoms with Gasteiger partial charge in [0.05, 0.1) is 0 Å². The predicted molar refractivity (Wildman–Crippen MR) is 45.0 cm³/mol. The first-order valence-electron chi connectivity index (χ1n) is 3.99. The maximum absolute atomic E-state index is 3.43. The minimum atomic E-state index is 0.244. The molecular weight excluding hydrogens is 122 g/mol. The van der Waals surface area contributed by atoms with Crippen molar-refractivity contribution in [3.8, 4) is 0 Å². The summed E-state index contributed by atoms with van der Waals surface area (Å²) in [6.45, 7) is 10.0. The van der Waals surface area contributed by atoms with Crippen molar-refractivity contribution < 1.29 is 0 Å². The molecule has 0 saturated heterocycles. The van der Waals surface area contributed by atoms with E-state index in [1.54, 1.807) is 5.57 Å². The van der Waals surface area contributed by atoms with Gasteiger partial charge in [0.2, 0.25) is 0 Å². The molecule has 1 N–H and O–H groups in total. The molecule has 0 saturated carbocycles. The average Bonchev–Trinajstić information content (AvgIpc) is 2.08. The van der Waals surface area contributed by atoms with Crippen molar-refractivity contribution in [1.29, 1.82) is 0 Å². The molecular formula is C9H17N. The van der Waals surface area contributed by atoms with Crippen LogP contribution in [0.1, 0.15) is 27.7 Å². The van der Waals surface area contributed by atoms with Crippen LogP contribution in [0.4, 0.5) is 0 Å². The molecule has 1 aliphatic rings. The van der Waals surface area contributed by atoms with Gasteiger partial charge >= 0.3 is 0 Å². The van der Waals surface area contributed by atoms with Crippen molar-refractivity contribution in [1.82, 2.24) is 5.32 Å². The molecule has 0 atom stereocenters. The largest absolute Gasteiger partial charge is 0.305 e. The molecule has 0 spiro atoms. The Morgan fingerprint density at radius 2 is 2.10 bits per heavy atom. The van der Waals surface area contributed by atoms with E-state index in [0.717, 1.165) is 6.54 Å². The van der Waals surface area contributed by atoms with Crippen molar-refractivity contribution >= 4 is 0 Å². The smallest absolute Gasteiger partial charge is 0.0342 e. The molecule has 0 aromatic rings. The number of rotatable bonds is 1. The highest BCUT2D eigenvalue weighted by Gasteiger charge is 2.27. The number of nitrogens with one attached hydrogen (secondary N) is 1. The zero-order valence-corrected chi connectivity index (χ0v) is 7.36. The number of hydrogen-bond donors (Lipinski definition) is 1. The Balaban J connectivity index is 2.75. The lowest BCUT2D eigenvalue weighted by atomic mass is 9.88. The maximum Gasteiger partial charge on any atom is 0.0342 e. The third-order valence-electron chi connectivity index (χ3n) is 2.21. The summed E-state index contributed by atoms with van der Waals surface area (Å²) >= 11 is 0. The molecule has 1 aliphatic heterocycles. The highest BCUT2D eigenvalue weighted by molar-refractivity contribution is 5.24. The van der Waals surface area contributed by atoms with Crippen LogP contribution in [0, 0.1) is 5.92 Å². The first-order chi connectivity index (χ1) is 4.54. The van der Waals surface area contributed by atoms with Gasteiger partial charge in [-0.25, -0.2) is 0 Å². The van der Waals surface area contributed by atoms with Crippen LogP contribution >= 0.6 is 0 Å². The van der Waals surface area contributed by atoms with E-state index >= 15 is 0 Å². The Morgan fingerprint density at radius 1 is 1.50 bits per heavy atom. The number of hydrogen-bond acceptors (Lipinski definition) is 1. The Bertz CT molecular complexity index is 154. The standard InChI is InChI=1S/C9H17N/c1-7(2)8-5-6-10-9(8,3)4/h5,7,10H,6H2,1-4H3. The highest BCUT2D eigenvalue weighted by Crippen LogP contribution is 2.26. The molecule has 0 aromatic heterocycles. The van der Waals surface area contributed by atoms with Crippen LogP contribution < -0.4 is 5.32 Å². The predicted octanol–water partition coefficient (Wildman–Crippen LogP) is 1.95. The topological polar surface area (TPSA) is 12.0 Å². The lowest BCUT2D eigenvalue weighted by Crippen LogP contribution is -2.37. The maximum atomic E-state index is 3.43. The quantitative estimate of drug-likeness (QED) is 0.547. The van der Waals surface area contributed by atoms with E-state index in [0.29, 0.717) is 5.92 Å². The summed E-state index contributed by atoms with van der Waals surface area (Å²) in [5, 5.41) is 3.43. The van der Waals surface area contributed by atoms with Gasteiger partial charge in [0, 0.05) is 12.1 Å². The zero-order valence-electron chi connectivity index (χ0n) is 7.36. The molecule has 0 unspecified atom stereocenters. The summed E-state index contributed by atoms with van der Waals surface area (Å²) in [7, 11) is 0. The zero-order chi connectivity index (χ0) is 7.78. The van der Waals surface area contributed by atoms with Gasteiger partial charge in [-0.15, -0.1) is 0 Å². The van der Waals surface area contributed by atoms with E-state index in [1.807, 2.05) is 0 Å². The summed E-state index contributed by atoms with van der Waals surface area (Å²) in [5.41, 5.74) is 1.79. The molecule has 0 aliphatic carbocycles. The van der Waals surface area contributed by atoms with Gasteiger partial charge in [-0.1, -0.05) is 25.5 Å². The Morgan fingerprint density at radius 3 is 2.30 bits per heavy atom. The van der Waals surface area contributed by atoms with Crippen LogP contribution in [0.2, 0.25) is 0 Å². The monoisotopic (exact) mass is 139 g/mol. The van der Waals surface area contributed by atoms with Crippen LogP contribution in [0.5, 0.6) is 0 Å². The second-order valence-corrected chi connectivity index (χ2v) is 3.82. The molecule has 58 valence electrons. The lowest BCUT2D eigenvalue weighted by molar-refractivity contribution is 0.469. The molecule has 0 aromatic carbocycles. The molecule has 1 nitrogen and oxygen atoms in total. The molecule has 0 bridgehead atoms. The summed E-state index contributed by atoms with van der Waals surface area (Å²) in [4.78, 5) is 0. The van der Waals surface area contributed by atoms with E-state index in [2.05, 4.69) is 39.1 Å². The Hall–Kier alpha value is -0.300. The van der Waals surface area contributed by atoms with E-state index in [4.69, 9.17) is 0 Å². The van der Waals surface area contributed by atoms with Crippen LogP contribution in [0.25, 0.3) is 0 Å². The lowest BCUT2D eigenvalue weighted by Gasteiger charge is -2.25. The molecule has 10 heavy (non-hydrogen) atoms. The SMILES string of the molecule is CC(C)C1=CCNC1(C)C. The normalized spacial score (nSPS) is 23.5. The fraction of sp³-hybridized carbons (Fsp3) is 0.778. The third kappa shape index (κ3) is 1.24. The molecule has 0 fully saturated rings. The van der Waals surface area contributed by atoms with E-state index in [-0.39, 0.29) is 5.54 Å². The van der Waals surface area contributed by atoms with E-state index in [9.17, 15) is 0 Å². The second-order valence-electron chi connectivity index (χ2n) is 3.82. The van der Waals surface area contributed by atoms with Crippen molar-refractivity contribution in [2.75, 3.05) is 6.54 Å². The average molecular weight is 139 g/mol. The van der Waals surface area contributed by atoms with Gasteiger partial charge in [-0.05, 0) is 19.8 Å².